The van der Waals surface area contributed by atoms with Crippen LogP contribution in [0.15, 0.2) is 11.0 Å². The molecule has 0 atom stereocenters. The van der Waals surface area contributed by atoms with Crippen LogP contribution in [0, 0.1) is 17.1 Å². The summed E-state index contributed by atoms with van der Waals surface area (Å²) in [7, 11) is -4.66. The summed E-state index contributed by atoms with van der Waals surface area (Å²) >= 11 is 0. The second kappa shape index (κ2) is 4.07. The fourth-order valence-corrected chi connectivity index (χ4v) is 1.76. The van der Waals surface area contributed by atoms with Crippen LogP contribution in [0.25, 0.3) is 0 Å². The molecule has 0 aromatic carbocycles. The third-order valence-electron chi connectivity index (χ3n) is 1.56. The zero-order valence-electron chi connectivity index (χ0n) is 7.49. The Bertz CT molecular complexity index is 565. The number of hydrogen-bond acceptors (Lipinski definition) is 4. The van der Waals surface area contributed by atoms with Crippen LogP contribution >= 0.6 is 0 Å². The van der Waals surface area contributed by atoms with Gasteiger partial charge in [-0.2, -0.15) is 5.26 Å². The molecule has 0 spiro atoms. The number of sulfonamides is 1. The Morgan fingerprint density at radius 1 is 1.50 bits per heavy atom. The van der Waals surface area contributed by atoms with Gasteiger partial charge in [0.15, 0.2) is 0 Å². The van der Waals surface area contributed by atoms with Crippen molar-refractivity contribution in [1.82, 2.24) is 4.98 Å². The van der Waals surface area contributed by atoms with Crippen LogP contribution in [0.2, 0.25) is 0 Å². The van der Waals surface area contributed by atoms with Gasteiger partial charge in [-0.1, -0.05) is 0 Å². The number of nitrogens with two attached hydrogens (primary N) is 1. The zero-order chi connectivity index (χ0) is 12.5. The third-order valence-corrected chi connectivity index (χ3v) is 2.53. The number of aromatic nitrogens is 1. The molecule has 86 valence electrons. The molecule has 0 saturated heterocycles. The average Bonchev–Trinajstić information content (AvgIpc) is 2.14. The van der Waals surface area contributed by atoms with Crippen LogP contribution in [0.1, 0.15) is 17.8 Å². The van der Waals surface area contributed by atoms with Crippen molar-refractivity contribution in [1.29, 1.82) is 5.26 Å². The third kappa shape index (κ3) is 2.29. The van der Waals surface area contributed by atoms with E-state index in [1.807, 2.05) is 0 Å². The fourth-order valence-electron chi connectivity index (χ4n) is 1.01. The van der Waals surface area contributed by atoms with Crippen LogP contribution in [0.3, 0.4) is 0 Å². The molecule has 0 aliphatic rings. The second-order valence-corrected chi connectivity index (χ2v) is 4.16. The molecule has 1 aromatic rings. The molecule has 1 aromatic heterocycles. The lowest BCUT2D eigenvalue weighted by atomic mass is 10.3. The van der Waals surface area contributed by atoms with Crippen molar-refractivity contribution in [2.45, 2.75) is 11.3 Å². The lowest BCUT2D eigenvalue weighted by Crippen LogP contribution is -2.18. The van der Waals surface area contributed by atoms with Crippen LogP contribution < -0.4 is 5.14 Å². The minimum absolute atomic E-state index is 0.422. The van der Waals surface area contributed by atoms with E-state index in [2.05, 4.69) is 10.1 Å². The quantitative estimate of drug-likeness (QED) is 0.835. The van der Waals surface area contributed by atoms with E-state index in [0.717, 1.165) is 0 Å². The highest BCUT2D eigenvalue weighted by Crippen LogP contribution is 2.26. The average molecular weight is 251 g/mol. The lowest BCUT2D eigenvalue weighted by Gasteiger charge is -2.07. The predicted octanol–water partition coefficient (Wildman–Crippen LogP) is 0.677. The Kier molecular flexibility index (Phi) is 3.16. The Balaban J connectivity index is 3.68. The molecule has 16 heavy (non-hydrogen) atoms. The number of pyridine rings is 1. The number of alkyl halides is 2. The van der Waals surface area contributed by atoms with E-state index in [0.29, 0.717) is 6.07 Å². The minimum Gasteiger partial charge on any atom is -0.234 e. The number of nitrogens with zero attached hydrogens (tertiary/aromatic N) is 2. The molecule has 0 saturated carbocycles. The molecular weight excluding hydrogens is 247 g/mol. The van der Waals surface area contributed by atoms with Gasteiger partial charge in [-0.15, -0.1) is 0 Å². The van der Waals surface area contributed by atoms with Crippen LogP contribution in [0.5, 0.6) is 0 Å². The maximum Gasteiger partial charge on any atom is 0.281 e. The topological polar surface area (TPSA) is 96.8 Å². The molecule has 2 N–H and O–H groups in total. The number of primary sulfonamides is 1. The summed E-state index contributed by atoms with van der Waals surface area (Å²) in [6, 6.07) is 1.74. The zero-order valence-corrected chi connectivity index (χ0v) is 8.30. The van der Waals surface area contributed by atoms with E-state index < -0.39 is 38.5 Å². The summed E-state index contributed by atoms with van der Waals surface area (Å²) in [4.78, 5) is 1.62. The molecule has 0 amide bonds. The Hall–Kier alpha value is -1.66. The summed E-state index contributed by atoms with van der Waals surface area (Å²) in [5.74, 6) is -1.52. The van der Waals surface area contributed by atoms with Gasteiger partial charge in [0.1, 0.15) is 28.2 Å². The first kappa shape index (κ1) is 12.4. The first-order valence-electron chi connectivity index (χ1n) is 3.69. The molecule has 0 unspecified atom stereocenters. The van der Waals surface area contributed by atoms with E-state index in [1.165, 1.54) is 6.07 Å². The van der Waals surface area contributed by atoms with Gasteiger partial charge in [0.25, 0.3) is 6.43 Å². The molecule has 5 nitrogen and oxygen atoms in total. The molecule has 0 aliphatic heterocycles. The van der Waals surface area contributed by atoms with Gasteiger partial charge >= 0.3 is 0 Å². The molecule has 0 bridgehead atoms. The van der Waals surface area contributed by atoms with Crippen LogP contribution in [0.4, 0.5) is 13.2 Å². The van der Waals surface area contributed by atoms with E-state index in [-0.39, 0.29) is 0 Å². The van der Waals surface area contributed by atoms with Crippen molar-refractivity contribution < 1.29 is 21.6 Å². The highest BCUT2D eigenvalue weighted by atomic mass is 32.2. The summed E-state index contributed by atoms with van der Waals surface area (Å²) in [6.45, 7) is 0. The molecule has 1 heterocycles. The molecule has 0 aliphatic carbocycles. The van der Waals surface area contributed by atoms with Gasteiger partial charge in [-0.25, -0.2) is 31.7 Å². The predicted molar refractivity (Wildman–Crippen MR) is 45.2 cm³/mol. The molecule has 9 heteroatoms. The molecular formula is C7H4F3N3O2S. The number of halogens is 3. The van der Waals surface area contributed by atoms with Crippen molar-refractivity contribution in [2.24, 2.45) is 5.14 Å². The summed E-state index contributed by atoms with van der Waals surface area (Å²) in [6.07, 6.45) is -3.35. The van der Waals surface area contributed by atoms with E-state index >= 15 is 0 Å². The van der Waals surface area contributed by atoms with Crippen molar-refractivity contribution in [3.8, 4) is 6.07 Å². The van der Waals surface area contributed by atoms with Gasteiger partial charge in [0.2, 0.25) is 10.0 Å². The van der Waals surface area contributed by atoms with Crippen molar-refractivity contribution in [3.05, 3.63) is 23.3 Å². The van der Waals surface area contributed by atoms with Crippen LogP contribution in [-0.4, -0.2) is 13.4 Å². The maximum absolute atomic E-state index is 13.2. The van der Waals surface area contributed by atoms with E-state index in [4.69, 9.17) is 5.26 Å². The van der Waals surface area contributed by atoms with Gasteiger partial charge in [0.05, 0.1) is 0 Å². The van der Waals surface area contributed by atoms with Crippen LogP contribution in [-0.2, 0) is 10.0 Å². The van der Waals surface area contributed by atoms with E-state index in [9.17, 15) is 21.6 Å². The van der Waals surface area contributed by atoms with Crippen molar-refractivity contribution in [2.75, 3.05) is 0 Å². The van der Waals surface area contributed by atoms with Gasteiger partial charge < -0.3 is 0 Å². The summed E-state index contributed by atoms with van der Waals surface area (Å²) in [5.41, 5.74) is -2.01. The maximum atomic E-state index is 13.2. The first-order valence-corrected chi connectivity index (χ1v) is 5.23. The summed E-state index contributed by atoms with van der Waals surface area (Å²) in [5, 5.41) is 12.9. The van der Waals surface area contributed by atoms with E-state index in [1.54, 1.807) is 0 Å². The smallest absolute Gasteiger partial charge is 0.234 e. The number of rotatable bonds is 2. The second-order valence-electron chi connectivity index (χ2n) is 2.66. The normalized spacial score (nSPS) is 11.5. The number of hydrogen-bond donors (Lipinski definition) is 1. The first-order chi connectivity index (χ1) is 7.27. The molecule has 1 rings (SSSR count). The van der Waals surface area contributed by atoms with Crippen molar-refractivity contribution in [3.63, 3.8) is 0 Å². The monoisotopic (exact) mass is 251 g/mol. The summed E-state index contributed by atoms with van der Waals surface area (Å²) < 4.78 is 59.7. The fraction of sp³-hybridized carbons (Fsp3) is 0.143. The van der Waals surface area contributed by atoms with Gasteiger partial charge in [0, 0.05) is 6.07 Å². The SMILES string of the molecule is N#Cc1cc(F)c(S(N)(=O)=O)c(C(F)F)n1. The Morgan fingerprint density at radius 3 is 2.44 bits per heavy atom. The Labute approximate surface area is 88.4 Å². The molecule has 0 radical (unpaired) electrons. The Morgan fingerprint density at radius 2 is 2.06 bits per heavy atom. The van der Waals surface area contributed by atoms with Gasteiger partial charge in [-0.3, -0.25) is 0 Å². The van der Waals surface area contributed by atoms with Crippen molar-refractivity contribution >= 4 is 10.0 Å². The number of nitriles is 1. The highest BCUT2D eigenvalue weighted by molar-refractivity contribution is 7.89. The minimum atomic E-state index is -4.66. The van der Waals surface area contributed by atoms with Gasteiger partial charge in [-0.05, 0) is 0 Å². The largest absolute Gasteiger partial charge is 0.281 e. The standard InChI is InChI=1S/C7H4F3N3O2S/c8-4-1-3(2-11)13-5(7(9)10)6(4)16(12,14)15/h1,7H,(H2,12,14,15). The lowest BCUT2D eigenvalue weighted by molar-refractivity contribution is 0.141. The molecule has 0 fully saturated rings. The highest BCUT2D eigenvalue weighted by Gasteiger charge is 2.27.